The third-order valence-electron chi connectivity index (χ3n) is 2.91. The van der Waals surface area contributed by atoms with Crippen LogP contribution in [0, 0.1) is 0 Å². The summed E-state index contributed by atoms with van der Waals surface area (Å²) in [5.41, 5.74) is 0.732. The fraction of sp³-hybridized carbons (Fsp3) is 0.250. The molecule has 21 heavy (non-hydrogen) atoms. The van der Waals surface area contributed by atoms with E-state index in [9.17, 15) is 5.11 Å². The summed E-state index contributed by atoms with van der Waals surface area (Å²) in [5, 5.41) is 21.3. The number of benzene rings is 2. The first-order valence-electron chi connectivity index (χ1n) is 6.67. The number of anilines is 1. The van der Waals surface area contributed by atoms with Gasteiger partial charge in [0.2, 0.25) is 0 Å². The van der Waals surface area contributed by atoms with Gasteiger partial charge in [0.25, 0.3) is 0 Å². The van der Waals surface area contributed by atoms with Gasteiger partial charge < -0.3 is 25.0 Å². The van der Waals surface area contributed by atoms with Gasteiger partial charge in [0.15, 0.2) is 17.2 Å². The van der Waals surface area contributed by atoms with Crippen molar-refractivity contribution in [3.8, 4) is 17.2 Å². The predicted octanol–water partition coefficient (Wildman–Crippen LogP) is 2.25. The molecule has 1 unspecified atom stereocenters. The van der Waals surface area contributed by atoms with Crippen molar-refractivity contribution >= 4 is 5.69 Å². The molecule has 2 aromatic rings. The lowest BCUT2D eigenvalue weighted by Gasteiger charge is -2.15. The molecule has 0 aliphatic heterocycles. The van der Waals surface area contributed by atoms with E-state index in [0.717, 1.165) is 5.69 Å². The third-order valence-corrected chi connectivity index (χ3v) is 2.91. The normalized spacial score (nSPS) is 11.8. The number of nitrogens with one attached hydrogen (secondary N) is 1. The van der Waals surface area contributed by atoms with Crippen molar-refractivity contribution < 1.29 is 19.7 Å². The van der Waals surface area contributed by atoms with E-state index in [1.807, 2.05) is 48.5 Å². The Balaban J connectivity index is 2.16. The van der Waals surface area contributed by atoms with Gasteiger partial charge in [-0.1, -0.05) is 24.3 Å². The van der Waals surface area contributed by atoms with Crippen molar-refractivity contribution in [3.63, 3.8) is 0 Å². The quantitative estimate of drug-likeness (QED) is 0.729. The number of hydrogen-bond acceptors (Lipinski definition) is 5. The van der Waals surface area contributed by atoms with Crippen molar-refractivity contribution in [1.29, 1.82) is 0 Å². The van der Waals surface area contributed by atoms with E-state index in [4.69, 9.17) is 14.6 Å². The zero-order chi connectivity index (χ0) is 15.1. The monoisotopic (exact) mass is 289 g/mol. The summed E-state index contributed by atoms with van der Waals surface area (Å²) in [7, 11) is 1.59. The molecule has 5 heteroatoms. The number of rotatable bonds is 7. The maximum Gasteiger partial charge on any atom is 0.169 e. The van der Waals surface area contributed by atoms with Crippen LogP contribution in [-0.2, 0) is 0 Å². The van der Waals surface area contributed by atoms with Crippen molar-refractivity contribution in [3.05, 3.63) is 48.5 Å². The lowest BCUT2D eigenvalue weighted by Crippen LogP contribution is -2.23. The van der Waals surface area contributed by atoms with Gasteiger partial charge in [-0.3, -0.25) is 0 Å². The molecule has 0 amide bonds. The number of methoxy groups -OCH3 is 1. The Bertz CT molecular complexity index is 574. The molecular weight excluding hydrogens is 270 g/mol. The minimum absolute atomic E-state index is 0.239. The first kappa shape index (κ1) is 15.2. The van der Waals surface area contributed by atoms with Crippen molar-refractivity contribution in [2.45, 2.75) is 6.10 Å². The Hall–Kier alpha value is -2.24. The summed E-state index contributed by atoms with van der Waals surface area (Å²) in [6.07, 6.45) is -0.815. The minimum Gasteiger partial charge on any atom is -0.493 e. The van der Waals surface area contributed by atoms with Crippen molar-refractivity contribution in [2.24, 2.45) is 0 Å². The average Bonchev–Trinajstić information content (AvgIpc) is 2.54. The number of aliphatic hydroxyl groups is 2. The molecular formula is C16H19NO4. The van der Waals surface area contributed by atoms with Crippen LogP contribution in [0.3, 0.4) is 0 Å². The molecule has 0 aliphatic rings. The van der Waals surface area contributed by atoms with E-state index in [2.05, 4.69) is 5.32 Å². The van der Waals surface area contributed by atoms with E-state index < -0.39 is 6.10 Å². The Morgan fingerprint density at radius 1 is 1.00 bits per heavy atom. The van der Waals surface area contributed by atoms with E-state index in [1.54, 1.807) is 7.11 Å². The van der Waals surface area contributed by atoms with Crippen molar-refractivity contribution in [1.82, 2.24) is 0 Å². The molecule has 1 atom stereocenters. The van der Waals surface area contributed by atoms with Crippen LogP contribution >= 0.6 is 0 Å². The molecule has 2 aromatic carbocycles. The molecule has 0 aromatic heterocycles. The zero-order valence-electron chi connectivity index (χ0n) is 11.8. The Kier molecular flexibility index (Phi) is 5.43. The van der Waals surface area contributed by atoms with Gasteiger partial charge in [-0.2, -0.15) is 0 Å². The van der Waals surface area contributed by atoms with Crippen LogP contribution in [0.15, 0.2) is 48.5 Å². The van der Waals surface area contributed by atoms with Crippen LogP contribution < -0.4 is 14.8 Å². The maximum absolute atomic E-state index is 9.41. The number of ether oxygens (including phenoxy) is 2. The summed E-state index contributed by atoms with van der Waals surface area (Å²) in [5.74, 6) is 1.87. The average molecular weight is 289 g/mol. The molecule has 5 nitrogen and oxygen atoms in total. The highest BCUT2D eigenvalue weighted by molar-refractivity contribution is 5.58. The second kappa shape index (κ2) is 7.52. The van der Waals surface area contributed by atoms with E-state index in [0.29, 0.717) is 17.2 Å². The molecule has 112 valence electrons. The third kappa shape index (κ3) is 4.11. The first-order valence-corrected chi connectivity index (χ1v) is 6.67. The van der Waals surface area contributed by atoms with Crippen LogP contribution in [0.5, 0.6) is 17.2 Å². The molecule has 0 heterocycles. The van der Waals surface area contributed by atoms with Gasteiger partial charge >= 0.3 is 0 Å². The highest BCUT2D eigenvalue weighted by atomic mass is 16.5. The second-order valence-electron chi connectivity index (χ2n) is 4.47. The topological polar surface area (TPSA) is 71.0 Å². The van der Waals surface area contributed by atoms with Crippen molar-refractivity contribution in [2.75, 3.05) is 25.6 Å². The molecule has 0 fully saturated rings. The molecule has 0 bridgehead atoms. The summed E-state index contributed by atoms with van der Waals surface area (Å²) in [6.45, 7) is -0.0503. The second-order valence-corrected chi connectivity index (χ2v) is 4.47. The first-order chi connectivity index (χ1) is 10.2. The largest absolute Gasteiger partial charge is 0.493 e. The van der Waals surface area contributed by atoms with Gasteiger partial charge in [0.05, 0.1) is 25.5 Å². The van der Waals surface area contributed by atoms with Crippen LogP contribution in [0.25, 0.3) is 0 Å². The highest BCUT2D eigenvalue weighted by Crippen LogP contribution is 2.34. The molecule has 0 saturated heterocycles. The fourth-order valence-corrected chi connectivity index (χ4v) is 1.82. The van der Waals surface area contributed by atoms with E-state index >= 15 is 0 Å². The molecule has 0 spiro atoms. The Morgan fingerprint density at radius 2 is 1.62 bits per heavy atom. The van der Waals surface area contributed by atoms with Gasteiger partial charge in [-0.15, -0.1) is 0 Å². The van der Waals surface area contributed by atoms with Crippen LogP contribution in [0.4, 0.5) is 5.69 Å². The van der Waals surface area contributed by atoms with Crippen LogP contribution in [-0.4, -0.2) is 36.6 Å². The predicted molar refractivity (Wildman–Crippen MR) is 81.1 cm³/mol. The molecule has 0 aliphatic carbocycles. The van der Waals surface area contributed by atoms with Gasteiger partial charge in [0, 0.05) is 6.54 Å². The minimum atomic E-state index is -0.815. The standard InChI is InChI=1S/C16H19NO4/c1-20-15-8-4-5-9-16(15)21-14-7-3-2-6-13(14)17-10-12(19)11-18/h2-9,12,17-19H,10-11H2,1H3. The van der Waals surface area contributed by atoms with E-state index in [-0.39, 0.29) is 13.2 Å². The summed E-state index contributed by atoms with van der Waals surface area (Å²) in [4.78, 5) is 0. The summed E-state index contributed by atoms with van der Waals surface area (Å²) < 4.78 is 11.1. The number of para-hydroxylation sites is 4. The maximum atomic E-state index is 9.41. The number of hydrogen-bond donors (Lipinski definition) is 3. The SMILES string of the molecule is COc1ccccc1Oc1ccccc1NCC(O)CO. The smallest absolute Gasteiger partial charge is 0.169 e. The number of aliphatic hydroxyl groups excluding tert-OH is 2. The Morgan fingerprint density at radius 3 is 2.29 bits per heavy atom. The Labute approximate surface area is 123 Å². The van der Waals surface area contributed by atoms with E-state index in [1.165, 1.54) is 0 Å². The van der Waals surface area contributed by atoms with Crippen LogP contribution in [0.1, 0.15) is 0 Å². The molecule has 2 rings (SSSR count). The van der Waals surface area contributed by atoms with Gasteiger partial charge in [0.1, 0.15) is 0 Å². The molecule has 0 radical (unpaired) electrons. The van der Waals surface area contributed by atoms with Crippen LogP contribution in [0.2, 0.25) is 0 Å². The zero-order valence-corrected chi connectivity index (χ0v) is 11.8. The lowest BCUT2D eigenvalue weighted by molar-refractivity contribution is 0.105. The lowest BCUT2D eigenvalue weighted by atomic mass is 10.2. The van der Waals surface area contributed by atoms with Gasteiger partial charge in [-0.05, 0) is 24.3 Å². The molecule has 0 saturated carbocycles. The highest BCUT2D eigenvalue weighted by Gasteiger charge is 2.09. The molecule has 3 N–H and O–H groups in total. The fourth-order valence-electron chi connectivity index (χ4n) is 1.82. The van der Waals surface area contributed by atoms with Gasteiger partial charge in [-0.25, -0.2) is 0 Å². The summed E-state index contributed by atoms with van der Waals surface area (Å²) >= 11 is 0. The summed E-state index contributed by atoms with van der Waals surface area (Å²) in [6, 6.07) is 14.8.